The number of guanidine groups is 1. The first-order valence-electron chi connectivity index (χ1n) is 10.0. The Hall–Kier alpha value is -1.68. The van der Waals surface area contributed by atoms with Gasteiger partial charge in [0.1, 0.15) is 0 Å². The van der Waals surface area contributed by atoms with Crippen molar-refractivity contribution in [3.63, 3.8) is 0 Å². The van der Waals surface area contributed by atoms with Crippen molar-refractivity contribution in [1.82, 2.24) is 10.6 Å². The van der Waals surface area contributed by atoms with Gasteiger partial charge in [-0.2, -0.15) is 0 Å². The van der Waals surface area contributed by atoms with Crippen molar-refractivity contribution in [1.29, 1.82) is 0 Å². The van der Waals surface area contributed by atoms with E-state index in [2.05, 4.69) is 52.1 Å². The molecule has 0 saturated carbocycles. The molecule has 0 aliphatic carbocycles. The van der Waals surface area contributed by atoms with Crippen molar-refractivity contribution in [2.24, 2.45) is 4.99 Å². The average molecular weight is 528 g/mol. The molecule has 158 valence electrons. The number of thiophene rings is 1. The third-order valence-electron chi connectivity index (χ3n) is 5.11. The largest absolute Gasteiger partial charge is 0.454 e. The number of benzene rings is 1. The number of halogens is 1. The summed E-state index contributed by atoms with van der Waals surface area (Å²) < 4.78 is 10.8. The van der Waals surface area contributed by atoms with Crippen LogP contribution >= 0.6 is 35.3 Å². The second-order valence-corrected chi connectivity index (χ2v) is 7.98. The van der Waals surface area contributed by atoms with Crippen molar-refractivity contribution < 1.29 is 9.47 Å². The van der Waals surface area contributed by atoms with Gasteiger partial charge in [0.15, 0.2) is 17.5 Å². The Morgan fingerprint density at radius 1 is 1.21 bits per heavy atom. The van der Waals surface area contributed by atoms with Gasteiger partial charge in [-0.25, -0.2) is 0 Å². The van der Waals surface area contributed by atoms with Crippen molar-refractivity contribution in [2.45, 2.75) is 32.2 Å². The summed E-state index contributed by atoms with van der Waals surface area (Å²) in [5, 5.41) is 10.5. The molecule has 6 nitrogen and oxygen atoms in total. The van der Waals surface area contributed by atoms with E-state index in [0.29, 0.717) is 12.8 Å². The van der Waals surface area contributed by atoms with E-state index in [1.54, 1.807) is 0 Å². The number of piperidine rings is 1. The van der Waals surface area contributed by atoms with Gasteiger partial charge in [-0.3, -0.25) is 4.99 Å². The highest BCUT2D eigenvalue weighted by atomic mass is 127. The molecule has 2 aliphatic rings. The number of nitrogens with zero attached hydrogens (tertiary/aromatic N) is 2. The third-order valence-corrected chi connectivity index (χ3v) is 6.03. The van der Waals surface area contributed by atoms with Crippen LogP contribution in [0.1, 0.15) is 25.3 Å². The van der Waals surface area contributed by atoms with Crippen LogP contribution in [0.25, 0.3) is 0 Å². The summed E-state index contributed by atoms with van der Waals surface area (Å²) >= 11 is 1.82. The molecule has 1 aromatic carbocycles. The van der Waals surface area contributed by atoms with E-state index in [4.69, 9.17) is 14.5 Å². The second-order valence-electron chi connectivity index (χ2n) is 7.06. The van der Waals surface area contributed by atoms with Crippen LogP contribution < -0.4 is 25.0 Å². The maximum absolute atomic E-state index is 5.46. The van der Waals surface area contributed by atoms with Crippen molar-refractivity contribution in [3.8, 4) is 11.5 Å². The van der Waals surface area contributed by atoms with Gasteiger partial charge in [0.2, 0.25) is 6.79 Å². The van der Waals surface area contributed by atoms with Crippen molar-refractivity contribution >= 4 is 46.3 Å². The molecule has 0 spiro atoms. The molecule has 8 heteroatoms. The Morgan fingerprint density at radius 2 is 2.03 bits per heavy atom. The van der Waals surface area contributed by atoms with Crippen LogP contribution in [0.4, 0.5) is 5.00 Å². The molecule has 0 unspecified atom stereocenters. The molecule has 2 aromatic rings. The zero-order valence-corrected chi connectivity index (χ0v) is 19.9. The monoisotopic (exact) mass is 528 g/mol. The fourth-order valence-electron chi connectivity index (χ4n) is 3.60. The standard InChI is InChI=1S/C21H28N4O2S.HI/c1-2-22-21(23-10-7-16-5-6-18-19(14-16)27-15-26-18)24-17-8-11-25(12-9-17)20-4-3-13-28-20;/h3-6,13-14,17H,2,7-12,15H2,1H3,(H2,22,23,24);1H. The van der Waals surface area contributed by atoms with Crippen LogP contribution in [0.3, 0.4) is 0 Å². The summed E-state index contributed by atoms with van der Waals surface area (Å²) in [4.78, 5) is 7.25. The molecule has 3 heterocycles. The number of ether oxygens (including phenoxy) is 2. The number of hydrogen-bond acceptors (Lipinski definition) is 5. The first kappa shape index (κ1) is 22.0. The highest BCUT2D eigenvalue weighted by Gasteiger charge is 2.20. The second kappa shape index (κ2) is 10.9. The summed E-state index contributed by atoms with van der Waals surface area (Å²) in [6.07, 6.45) is 3.14. The molecule has 0 atom stereocenters. The van der Waals surface area contributed by atoms with Gasteiger partial charge in [0.05, 0.1) is 5.00 Å². The summed E-state index contributed by atoms with van der Waals surface area (Å²) in [5.74, 6) is 2.58. The summed E-state index contributed by atoms with van der Waals surface area (Å²) in [6, 6.07) is 10.9. The van der Waals surface area contributed by atoms with Gasteiger partial charge in [0.25, 0.3) is 0 Å². The van der Waals surface area contributed by atoms with E-state index in [1.165, 1.54) is 10.6 Å². The first-order chi connectivity index (χ1) is 13.8. The van der Waals surface area contributed by atoms with Gasteiger partial charge in [-0.1, -0.05) is 6.07 Å². The molecule has 0 bridgehead atoms. The molecule has 1 aromatic heterocycles. The topological polar surface area (TPSA) is 58.1 Å². The summed E-state index contributed by atoms with van der Waals surface area (Å²) in [6.45, 7) is 6.21. The Labute approximate surface area is 193 Å². The molecule has 1 fully saturated rings. The minimum Gasteiger partial charge on any atom is -0.454 e. The fourth-order valence-corrected chi connectivity index (χ4v) is 4.39. The van der Waals surface area contributed by atoms with Crippen LogP contribution in [0, 0.1) is 0 Å². The van der Waals surface area contributed by atoms with Crippen LogP contribution in [-0.4, -0.2) is 45.0 Å². The molecule has 4 rings (SSSR count). The summed E-state index contributed by atoms with van der Waals surface area (Å²) in [7, 11) is 0. The number of nitrogens with one attached hydrogen (secondary N) is 2. The number of anilines is 1. The third kappa shape index (κ3) is 5.91. The van der Waals surface area contributed by atoms with E-state index >= 15 is 0 Å². The zero-order chi connectivity index (χ0) is 19.2. The van der Waals surface area contributed by atoms with E-state index in [0.717, 1.165) is 62.9 Å². The molecule has 29 heavy (non-hydrogen) atoms. The first-order valence-corrected chi connectivity index (χ1v) is 10.9. The quantitative estimate of drug-likeness (QED) is 0.339. The van der Waals surface area contributed by atoms with E-state index in [-0.39, 0.29) is 24.0 Å². The van der Waals surface area contributed by atoms with Gasteiger partial charge in [-0.05, 0) is 61.4 Å². The average Bonchev–Trinajstić information content (AvgIpc) is 3.40. The molecule has 1 saturated heterocycles. The van der Waals surface area contributed by atoms with Gasteiger partial charge in [-0.15, -0.1) is 35.3 Å². The maximum atomic E-state index is 5.46. The van der Waals surface area contributed by atoms with Gasteiger partial charge >= 0.3 is 0 Å². The zero-order valence-electron chi connectivity index (χ0n) is 16.7. The lowest BCUT2D eigenvalue weighted by Crippen LogP contribution is -2.48. The van der Waals surface area contributed by atoms with E-state index < -0.39 is 0 Å². The number of rotatable bonds is 6. The number of aliphatic imine (C=N–C) groups is 1. The van der Waals surface area contributed by atoms with Crippen LogP contribution in [0.2, 0.25) is 0 Å². The normalized spacial score (nSPS) is 16.4. The maximum Gasteiger partial charge on any atom is 0.231 e. The smallest absolute Gasteiger partial charge is 0.231 e. The Balaban J connectivity index is 0.00000240. The highest BCUT2D eigenvalue weighted by molar-refractivity contribution is 14.0. The minimum atomic E-state index is 0. The van der Waals surface area contributed by atoms with Crippen molar-refractivity contribution in [3.05, 3.63) is 41.3 Å². The predicted octanol–water partition coefficient (Wildman–Crippen LogP) is 3.86. The molecular weight excluding hydrogens is 499 g/mol. The number of fused-ring (bicyclic) bond motifs is 1. The summed E-state index contributed by atoms with van der Waals surface area (Å²) in [5.41, 5.74) is 1.22. The van der Waals surface area contributed by atoms with Crippen LogP contribution in [0.15, 0.2) is 40.7 Å². The van der Waals surface area contributed by atoms with E-state index in [9.17, 15) is 0 Å². The highest BCUT2D eigenvalue weighted by Crippen LogP contribution is 2.32. The Morgan fingerprint density at radius 3 is 2.79 bits per heavy atom. The van der Waals surface area contributed by atoms with E-state index in [1.807, 2.05) is 17.4 Å². The molecule has 2 N–H and O–H groups in total. The lowest BCUT2D eigenvalue weighted by Gasteiger charge is -2.33. The Bertz CT molecular complexity index is 792. The lowest BCUT2D eigenvalue weighted by atomic mass is 10.1. The fraction of sp³-hybridized carbons (Fsp3) is 0.476. The lowest BCUT2D eigenvalue weighted by molar-refractivity contribution is 0.174. The van der Waals surface area contributed by atoms with Crippen LogP contribution in [-0.2, 0) is 6.42 Å². The van der Waals surface area contributed by atoms with Crippen LogP contribution in [0.5, 0.6) is 11.5 Å². The molecule has 0 amide bonds. The molecule has 2 aliphatic heterocycles. The van der Waals surface area contributed by atoms with Gasteiger partial charge < -0.3 is 25.0 Å². The SMILES string of the molecule is CCNC(=NCCc1ccc2c(c1)OCO2)NC1CCN(c2cccs2)CC1.I. The molecular formula is C21H29IN4O2S. The molecule has 0 radical (unpaired) electrons. The number of hydrogen-bond donors (Lipinski definition) is 2. The van der Waals surface area contributed by atoms with Gasteiger partial charge in [0, 0.05) is 32.2 Å². The minimum absolute atomic E-state index is 0. The Kier molecular flexibility index (Phi) is 8.29. The van der Waals surface area contributed by atoms with Crippen molar-refractivity contribution in [2.75, 3.05) is 37.9 Å². The predicted molar refractivity (Wildman–Crippen MR) is 130 cm³/mol.